The highest BCUT2D eigenvalue weighted by molar-refractivity contribution is 5.79. The monoisotopic (exact) mass is 674 g/mol. The van der Waals surface area contributed by atoms with E-state index in [1.54, 1.807) is 21.3 Å². The Morgan fingerprint density at radius 1 is 0.740 bits per heavy atom. The quantitative estimate of drug-likeness (QED) is 0.129. The molecule has 1 unspecified atom stereocenters. The molecule has 1 saturated heterocycles. The van der Waals surface area contributed by atoms with Crippen molar-refractivity contribution in [2.24, 2.45) is 0 Å². The molecule has 6 rings (SSSR count). The zero-order chi connectivity index (χ0) is 34.8. The van der Waals surface area contributed by atoms with Gasteiger partial charge in [0.05, 0.1) is 27.8 Å². The number of hydrogen-bond donors (Lipinski definition) is 1. The fourth-order valence-corrected chi connectivity index (χ4v) is 8.81. The van der Waals surface area contributed by atoms with E-state index in [2.05, 4.69) is 83.0 Å². The van der Waals surface area contributed by atoms with Gasteiger partial charge in [0.1, 0.15) is 5.75 Å². The lowest BCUT2D eigenvalue weighted by Gasteiger charge is -2.50. The van der Waals surface area contributed by atoms with Crippen molar-refractivity contribution in [1.82, 2.24) is 10.2 Å². The summed E-state index contributed by atoms with van der Waals surface area (Å²) >= 11 is 0. The van der Waals surface area contributed by atoms with Crippen molar-refractivity contribution in [2.45, 2.75) is 81.6 Å². The highest BCUT2D eigenvalue weighted by Crippen LogP contribution is 2.45. The van der Waals surface area contributed by atoms with Crippen molar-refractivity contribution in [1.29, 1.82) is 0 Å². The van der Waals surface area contributed by atoms with Crippen LogP contribution in [0.4, 0.5) is 0 Å². The van der Waals surface area contributed by atoms with Gasteiger partial charge in [-0.25, -0.2) is 0 Å². The smallest absolute Gasteiger partial charge is 0.224 e. The highest BCUT2D eigenvalue weighted by Gasteiger charge is 2.42. The minimum Gasteiger partial charge on any atom is -0.496 e. The summed E-state index contributed by atoms with van der Waals surface area (Å²) < 4.78 is 16.8. The van der Waals surface area contributed by atoms with Crippen LogP contribution in [0.25, 0.3) is 0 Å². The number of hydrogen-bond acceptors (Lipinski definition) is 5. The van der Waals surface area contributed by atoms with Crippen molar-refractivity contribution in [2.75, 3.05) is 41.0 Å². The number of aryl methyl sites for hydroxylation is 1. The maximum Gasteiger partial charge on any atom is 0.224 e. The number of carbonyl (C=O) groups excluding carboxylic acids is 1. The van der Waals surface area contributed by atoms with Gasteiger partial charge >= 0.3 is 0 Å². The molecule has 264 valence electrons. The number of amides is 1. The van der Waals surface area contributed by atoms with E-state index in [4.69, 9.17) is 14.2 Å². The first-order chi connectivity index (χ1) is 24.5. The number of benzene rings is 4. The van der Waals surface area contributed by atoms with E-state index >= 15 is 0 Å². The average Bonchev–Trinajstić information content (AvgIpc) is 3.17. The zero-order valence-electron chi connectivity index (χ0n) is 30.2. The third-order valence-corrected chi connectivity index (χ3v) is 11.4. The first-order valence-corrected chi connectivity index (χ1v) is 18.5. The molecule has 1 spiro atoms. The second-order valence-electron chi connectivity index (χ2n) is 14.2. The largest absolute Gasteiger partial charge is 0.496 e. The molecule has 1 amide bonds. The minimum atomic E-state index is -0.151. The first-order valence-electron chi connectivity index (χ1n) is 18.5. The minimum absolute atomic E-state index is 0.0278. The number of rotatable bonds is 15. The van der Waals surface area contributed by atoms with E-state index in [1.807, 2.05) is 24.3 Å². The van der Waals surface area contributed by atoms with E-state index in [0.717, 1.165) is 74.4 Å². The molecule has 0 bridgehead atoms. The maximum absolute atomic E-state index is 13.0. The predicted octanol–water partition coefficient (Wildman–Crippen LogP) is 8.33. The molecule has 0 radical (unpaired) electrons. The molecule has 4 aromatic carbocycles. The number of carbonyl (C=O) groups is 1. The van der Waals surface area contributed by atoms with Gasteiger partial charge in [-0.1, -0.05) is 85.3 Å². The number of nitrogens with zero attached hydrogens (tertiary/aromatic N) is 1. The summed E-state index contributed by atoms with van der Waals surface area (Å²) in [6.45, 7) is 2.88. The number of methoxy groups -OCH3 is 3. The molecule has 6 nitrogen and oxygen atoms in total. The third-order valence-electron chi connectivity index (χ3n) is 11.4. The molecular weight excluding hydrogens is 620 g/mol. The summed E-state index contributed by atoms with van der Waals surface area (Å²) in [5, 5.41) is 3.21. The fourth-order valence-electron chi connectivity index (χ4n) is 8.81. The van der Waals surface area contributed by atoms with Gasteiger partial charge in [0.2, 0.25) is 5.91 Å². The lowest BCUT2D eigenvalue weighted by Crippen LogP contribution is -2.55. The van der Waals surface area contributed by atoms with Crippen LogP contribution in [0, 0.1) is 0 Å². The Morgan fingerprint density at radius 3 is 2.04 bits per heavy atom. The molecule has 1 aliphatic carbocycles. The second-order valence-corrected chi connectivity index (χ2v) is 14.2. The number of nitrogens with one attached hydrogen (secondary N) is 1. The van der Waals surface area contributed by atoms with Crippen molar-refractivity contribution < 1.29 is 19.0 Å². The van der Waals surface area contributed by atoms with Gasteiger partial charge in [-0.3, -0.25) is 9.69 Å². The van der Waals surface area contributed by atoms with E-state index < -0.39 is 0 Å². The topological polar surface area (TPSA) is 60.0 Å². The Kier molecular flexibility index (Phi) is 11.8. The van der Waals surface area contributed by atoms with Crippen molar-refractivity contribution >= 4 is 5.91 Å². The molecule has 6 heteroatoms. The normalized spacial score (nSPS) is 17.6. The van der Waals surface area contributed by atoms with Gasteiger partial charge in [0.15, 0.2) is 11.5 Å². The van der Waals surface area contributed by atoms with Crippen LogP contribution < -0.4 is 19.5 Å². The van der Waals surface area contributed by atoms with Gasteiger partial charge < -0.3 is 19.5 Å². The predicted molar refractivity (Wildman–Crippen MR) is 202 cm³/mol. The zero-order valence-corrected chi connectivity index (χ0v) is 30.2. The van der Waals surface area contributed by atoms with E-state index in [1.165, 1.54) is 47.9 Å². The summed E-state index contributed by atoms with van der Waals surface area (Å²) in [4.78, 5) is 15.8. The number of para-hydroxylation sites is 1. The summed E-state index contributed by atoms with van der Waals surface area (Å²) in [5.74, 6) is 2.44. The molecule has 0 saturated carbocycles. The second kappa shape index (κ2) is 16.6. The third kappa shape index (κ3) is 7.86. The molecule has 1 heterocycles. The van der Waals surface area contributed by atoms with Crippen LogP contribution in [0.1, 0.15) is 79.2 Å². The summed E-state index contributed by atoms with van der Waals surface area (Å²) in [6, 6.07) is 34.3. The van der Waals surface area contributed by atoms with E-state index in [0.29, 0.717) is 13.0 Å². The van der Waals surface area contributed by atoms with Gasteiger partial charge in [-0.05, 0) is 111 Å². The van der Waals surface area contributed by atoms with Crippen molar-refractivity contribution in [3.8, 4) is 17.2 Å². The number of piperidine rings is 1. The Hall–Kier alpha value is -4.29. The average molecular weight is 675 g/mol. The van der Waals surface area contributed by atoms with Crippen LogP contribution in [0.3, 0.4) is 0 Å². The molecule has 0 aromatic heterocycles. The molecule has 1 aliphatic heterocycles. The molecule has 1 N–H and O–H groups in total. The number of ether oxygens (including phenoxy) is 3. The standard InChI is InChI=1S/C44H54N2O4/c1-48-39-21-11-10-16-35(39)32-42(47)45-27-14-24-44(37-17-6-4-7-18-37,38-19-8-5-9-20-38)25-15-29-46-28-13-12-23-43(46)26-22-34-30-40(49-2)41(50-3)31-36(34)33-43/h4-11,16-21,30-31H,12-15,22-29,32-33H2,1-3H3,(H,45,47). The maximum atomic E-state index is 13.0. The Morgan fingerprint density at radius 2 is 1.36 bits per heavy atom. The van der Waals surface area contributed by atoms with Crippen LogP contribution in [0.2, 0.25) is 0 Å². The summed E-state index contributed by atoms with van der Waals surface area (Å²) in [7, 11) is 5.11. The van der Waals surface area contributed by atoms with E-state index in [-0.39, 0.29) is 16.9 Å². The summed E-state index contributed by atoms with van der Waals surface area (Å²) in [6.07, 6.45) is 11.4. The van der Waals surface area contributed by atoms with Crippen LogP contribution in [-0.2, 0) is 29.5 Å². The van der Waals surface area contributed by atoms with Crippen molar-refractivity contribution in [3.05, 3.63) is 125 Å². The van der Waals surface area contributed by atoms with Crippen LogP contribution >= 0.6 is 0 Å². The first kappa shape index (κ1) is 35.5. The van der Waals surface area contributed by atoms with Crippen LogP contribution in [0.5, 0.6) is 17.2 Å². The lowest BCUT2D eigenvalue weighted by molar-refractivity contribution is -0.120. The Labute approximate surface area is 299 Å². The molecular formula is C44H54N2O4. The fraction of sp³-hybridized carbons (Fsp3) is 0.432. The van der Waals surface area contributed by atoms with Gasteiger partial charge in [0, 0.05) is 23.1 Å². The molecule has 2 aliphatic rings. The van der Waals surface area contributed by atoms with Gasteiger partial charge in [0.25, 0.3) is 0 Å². The van der Waals surface area contributed by atoms with Gasteiger partial charge in [-0.2, -0.15) is 0 Å². The van der Waals surface area contributed by atoms with Crippen LogP contribution in [-0.4, -0.2) is 57.3 Å². The van der Waals surface area contributed by atoms with Gasteiger partial charge in [-0.15, -0.1) is 0 Å². The lowest BCUT2D eigenvalue weighted by atomic mass is 9.68. The van der Waals surface area contributed by atoms with Crippen LogP contribution in [0.15, 0.2) is 97.1 Å². The number of fused-ring (bicyclic) bond motifs is 1. The SMILES string of the molecule is COc1ccccc1CC(=O)NCCCC(CCCN1CCCCC12CCc1cc(OC)c(OC)cc1C2)(c1ccccc1)c1ccccc1. The molecule has 1 atom stereocenters. The molecule has 1 fully saturated rings. The Balaban J connectivity index is 1.18. The highest BCUT2D eigenvalue weighted by atomic mass is 16.5. The van der Waals surface area contributed by atoms with Crippen molar-refractivity contribution in [3.63, 3.8) is 0 Å². The summed E-state index contributed by atoms with van der Waals surface area (Å²) in [5.41, 5.74) is 6.48. The molecule has 4 aromatic rings. The molecule has 50 heavy (non-hydrogen) atoms. The van der Waals surface area contributed by atoms with E-state index in [9.17, 15) is 4.79 Å². The Bertz CT molecular complexity index is 1650. The number of likely N-dealkylation sites (tertiary alicyclic amines) is 1.